The van der Waals surface area contributed by atoms with Gasteiger partial charge >= 0.3 is 6.03 Å². The van der Waals surface area contributed by atoms with E-state index in [4.69, 9.17) is 10.6 Å². The summed E-state index contributed by atoms with van der Waals surface area (Å²) in [4.78, 5) is 17.6. The lowest BCUT2D eigenvalue weighted by atomic mass is 10.0. The molecule has 1 heterocycles. The molecule has 3 N–H and O–H groups in total. The van der Waals surface area contributed by atoms with Gasteiger partial charge < -0.3 is 5.73 Å². The number of carbonyl (C=O) groups excluding carboxylic acids is 1. The van der Waals surface area contributed by atoms with E-state index in [0.29, 0.717) is 19.4 Å². The van der Waals surface area contributed by atoms with E-state index < -0.39 is 28.1 Å². The number of hydroxylamine groups is 1. The van der Waals surface area contributed by atoms with Crippen LogP contribution in [0.1, 0.15) is 44.7 Å². The van der Waals surface area contributed by atoms with Crippen molar-refractivity contribution in [2.45, 2.75) is 44.1 Å². The molecule has 1 atom stereocenters. The van der Waals surface area contributed by atoms with Crippen LogP contribution in [0, 0.1) is 11.6 Å². The second-order valence-electron chi connectivity index (χ2n) is 8.11. The van der Waals surface area contributed by atoms with Crippen LogP contribution in [-0.2, 0) is 9.71 Å². The smallest absolute Gasteiger partial charge is 0.330 e. The van der Waals surface area contributed by atoms with Gasteiger partial charge in [-0.2, -0.15) is 10.1 Å². The molecular weight excluding hydrogens is 422 g/mol. The molecule has 1 aliphatic rings. The van der Waals surface area contributed by atoms with Crippen LogP contribution in [0.25, 0.3) is 0 Å². The van der Waals surface area contributed by atoms with Crippen LogP contribution >= 0.6 is 11.8 Å². The molecule has 1 unspecified atom stereocenters. The Labute approximate surface area is 184 Å². The number of halogens is 2. The lowest BCUT2D eigenvalue weighted by Crippen LogP contribution is -2.48. The van der Waals surface area contributed by atoms with Crippen molar-refractivity contribution in [3.05, 3.63) is 71.3 Å². The summed E-state index contributed by atoms with van der Waals surface area (Å²) in [5, 5.41) is 5.86. The fourth-order valence-corrected chi connectivity index (χ4v) is 4.56. The maximum atomic E-state index is 14.5. The number of thioether (sulfide) groups is 1. The molecule has 0 fully saturated rings. The molecule has 1 aliphatic heterocycles. The number of benzene rings is 2. The zero-order valence-electron chi connectivity index (χ0n) is 17.7. The van der Waals surface area contributed by atoms with E-state index in [9.17, 15) is 13.6 Å². The van der Waals surface area contributed by atoms with Gasteiger partial charge in [0.1, 0.15) is 21.5 Å². The largest absolute Gasteiger partial charge is 0.363 e. The molecule has 0 aromatic heterocycles. The van der Waals surface area contributed by atoms with E-state index in [2.05, 4.69) is 10.6 Å². The minimum absolute atomic E-state index is 0.00917. The van der Waals surface area contributed by atoms with Crippen molar-refractivity contribution >= 4 is 22.8 Å². The number of amides is 2. The molecule has 0 saturated heterocycles. The van der Waals surface area contributed by atoms with Crippen LogP contribution in [0.15, 0.2) is 53.6 Å². The monoisotopic (exact) mass is 448 g/mol. The molecule has 0 spiro atoms. The Bertz CT molecular complexity index is 966. The highest BCUT2D eigenvalue weighted by Crippen LogP contribution is 2.50. The van der Waals surface area contributed by atoms with E-state index in [0.717, 1.165) is 23.8 Å². The van der Waals surface area contributed by atoms with Gasteiger partial charge in [0.25, 0.3) is 0 Å². The van der Waals surface area contributed by atoms with Crippen molar-refractivity contribution in [2.75, 3.05) is 6.54 Å². The van der Waals surface area contributed by atoms with Gasteiger partial charge in [-0.05, 0) is 63.9 Å². The maximum Gasteiger partial charge on any atom is 0.363 e. The third-order valence-electron chi connectivity index (χ3n) is 4.54. The standard InChI is InChI=1S/C22H26F2N4O2S/c1-21(2,3)30-27-20(29)28-22(12-7-13-25,15-8-5-4-6-9-15)31-19(26-28)17-14-16(23)10-11-18(17)24/h4-6,8-11,14H,7,12-13,25H2,1-3H3,(H,27,29). The second-order valence-corrected chi connectivity index (χ2v) is 9.37. The van der Waals surface area contributed by atoms with Crippen molar-refractivity contribution in [3.63, 3.8) is 0 Å². The second kappa shape index (κ2) is 9.33. The van der Waals surface area contributed by atoms with Crippen LogP contribution in [0.2, 0.25) is 0 Å². The molecule has 166 valence electrons. The fraction of sp³-hybridized carbons (Fsp3) is 0.364. The predicted octanol–water partition coefficient (Wildman–Crippen LogP) is 4.71. The predicted molar refractivity (Wildman–Crippen MR) is 118 cm³/mol. The molecule has 6 nitrogen and oxygen atoms in total. The van der Waals surface area contributed by atoms with Crippen LogP contribution < -0.4 is 11.2 Å². The summed E-state index contributed by atoms with van der Waals surface area (Å²) < 4.78 is 28.4. The van der Waals surface area contributed by atoms with Crippen LogP contribution in [-0.4, -0.2) is 28.2 Å². The number of nitrogens with zero attached hydrogens (tertiary/aromatic N) is 2. The van der Waals surface area contributed by atoms with Gasteiger partial charge in [-0.15, -0.1) is 0 Å². The van der Waals surface area contributed by atoms with Gasteiger partial charge in [0.05, 0.1) is 5.60 Å². The summed E-state index contributed by atoms with van der Waals surface area (Å²) in [6.07, 6.45) is 1.03. The number of hydrogen-bond donors (Lipinski definition) is 2. The molecular formula is C22H26F2N4O2S. The van der Waals surface area contributed by atoms with Gasteiger partial charge in [-0.25, -0.2) is 19.1 Å². The van der Waals surface area contributed by atoms with Gasteiger partial charge in [-0.3, -0.25) is 4.84 Å². The van der Waals surface area contributed by atoms with Crippen molar-refractivity contribution in [1.29, 1.82) is 0 Å². The van der Waals surface area contributed by atoms with Crippen LogP contribution in [0.3, 0.4) is 0 Å². The Hall–Kier alpha value is -2.49. The van der Waals surface area contributed by atoms with Gasteiger partial charge in [-0.1, -0.05) is 42.1 Å². The summed E-state index contributed by atoms with van der Waals surface area (Å²) in [7, 11) is 0. The number of hydrogen-bond acceptors (Lipinski definition) is 5. The Morgan fingerprint density at radius 3 is 2.58 bits per heavy atom. The topological polar surface area (TPSA) is 80.0 Å². The first kappa shape index (κ1) is 23.2. The minimum atomic E-state index is -1.000. The Kier molecular flexibility index (Phi) is 6.98. The molecule has 0 bridgehead atoms. The van der Waals surface area contributed by atoms with Crippen molar-refractivity contribution in [1.82, 2.24) is 10.5 Å². The summed E-state index contributed by atoms with van der Waals surface area (Å²) >= 11 is 1.19. The number of carbonyl (C=O) groups is 1. The molecule has 0 aliphatic carbocycles. The van der Waals surface area contributed by atoms with Crippen LogP contribution in [0.5, 0.6) is 0 Å². The van der Waals surface area contributed by atoms with Crippen molar-refractivity contribution in [3.8, 4) is 0 Å². The zero-order chi connectivity index (χ0) is 22.6. The lowest BCUT2D eigenvalue weighted by molar-refractivity contribution is -0.0609. The number of urea groups is 1. The van der Waals surface area contributed by atoms with E-state index in [1.165, 1.54) is 16.8 Å². The van der Waals surface area contributed by atoms with Gasteiger partial charge in [0, 0.05) is 5.56 Å². The maximum absolute atomic E-state index is 14.5. The summed E-state index contributed by atoms with van der Waals surface area (Å²) in [5.74, 6) is -1.22. The van der Waals surface area contributed by atoms with Crippen molar-refractivity contribution < 1.29 is 18.4 Å². The molecule has 3 rings (SSSR count). The Morgan fingerprint density at radius 2 is 1.94 bits per heavy atom. The highest BCUT2D eigenvalue weighted by Gasteiger charge is 2.49. The minimum Gasteiger partial charge on any atom is -0.330 e. The fourth-order valence-electron chi connectivity index (χ4n) is 3.14. The number of rotatable bonds is 6. The molecule has 2 amide bonds. The van der Waals surface area contributed by atoms with Gasteiger partial charge in [0.15, 0.2) is 0 Å². The third kappa shape index (κ3) is 5.23. The average Bonchev–Trinajstić information content (AvgIpc) is 3.13. The first-order chi connectivity index (χ1) is 14.7. The summed E-state index contributed by atoms with van der Waals surface area (Å²) in [6, 6.07) is 11.8. The lowest BCUT2D eigenvalue weighted by Gasteiger charge is -2.36. The molecule has 2 aromatic carbocycles. The SMILES string of the molecule is CC(C)(C)ONC(=O)N1N=C(c2cc(F)ccc2F)SC1(CCCN)c1ccccc1. The summed E-state index contributed by atoms with van der Waals surface area (Å²) in [5.41, 5.74) is 8.35. The zero-order valence-corrected chi connectivity index (χ0v) is 18.5. The Balaban J connectivity index is 2.08. The normalized spacial score (nSPS) is 18.8. The van der Waals surface area contributed by atoms with Crippen LogP contribution in [0.4, 0.5) is 13.6 Å². The Morgan fingerprint density at radius 1 is 1.23 bits per heavy atom. The van der Waals surface area contributed by atoms with E-state index in [-0.39, 0.29) is 10.6 Å². The highest BCUT2D eigenvalue weighted by atomic mass is 32.2. The highest BCUT2D eigenvalue weighted by molar-refractivity contribution is 8.15. The van der Waals surface area contributed by atoms with Gasteiger partial charge in [0.2, 0.25) is 0 Å². The molecule has 0 radical (unpaired) electrons. The average molecular weight is 449 g/mol. The molecule has 9 heteroatoms. The number of nitrogens with two attached hydrogens (primary N) is 1. The van der Waals surface area contributed by atoms with E-state index >= 15 is 0 Å². The number of nitrogens with one attached hydrogen (secondary N) is 1. The third-order valence-corrected chi connectivity index (χ3v) is 5.98. The quantitative estimate of drug-likeness (QED) is 0.628. The number of hydrazone groups is 1. The first-order valence-electron chi connectivity index (χ1n) is 9.93. The van der Waals surface area contributed by atoms with E-state index in [1.54, 1.807) is 20.8 Å². The first-order valence-corrected chi connectivity index (χ1v) is 10.7. The molecule has 31 heavy (non-hydrogen) atoms. The molecule has 0 saturated carbocycles. The molecule has 2 aromatic rings. The summed E-state index contributed by atoms with van der Waals surface area (Å²) in [6.45, 7) is 5.78. The van der Waals surface area contributed by atoms with E-state index in [1.807, 2.05) is 30.3 Å². The van der Waals surface area contributed by atoms with Crippen molar-refractivity contribution in [2.24, 2.45) is 10.8 Å².